The maximum atomic E-state index is 5.28. The fourth-order valence-corrected chi connectivity index (χ4v) is 2.09. The van der Waals surface area contributed by atoms with Gasteiger partial charge in [0.15, 0.2) is 0 Å². The monoisotopic (exact) mass is 336 g/mol. The Morgan fingerprint density at radius 2 is 2.15 bits per heavy atom. The molecular weight excluding hydrogens is 320 g/mol. The van der Waals surface area contributed by atoms with Gasteiger partial charge in [-0.3, -0.25) is 0 Å². The molecule has 0 saturated heterocycles. The number of hydrogen-bond donors (Lipinski definition) is 2. The molecule has 6 heteroatoms. The van der Waals surface area contributed by atoms with Gasteiger partial charge in [-0.05, 0) is 41.9 Å². The van der Waals surface area contributed by atoms with Crippen LogP contribution in [0.15, 0.2) is 28.9 Å². The third-order valence-corrected chi connectivity index (χ3v) is 3.38. The Balaban J connectivity index is 2.27. The van der Waals surface area contributed by atoms with Gasteiger partial charge in [-0.2, -0.15) is 4.98 Å². The van der Waals surface area contributed by atoms with Gasteiger partial charge in [0.1, 0.15) is 11.6 Å². The lowest BCUT2D eigenvalue weighted by Crippen LogP contribution is -2.05. The first-order chi connectivity index (χ1) is 9.63. The highest BCUT2D eigenvalue weighted by Crippen LogP contribution is 2.29. The van der Waals surface area contributed by atoms with E-state index in [9.17, 15) is 0 Å². The SMILES string of the molecule is CCNc1ncc(C)c(Nc2ccc(Br)c(OC)c2)n1. The van der Waals surface area contributed by atoms with Gasteiger partial charge in [-0.15, -0.1) is 0 Å². The molecule has 2 aromatic rings. The summed E-state index contributed by atoms with van der Waals surface area (Å²) in [5.74, 6) is 2.17. The quantitative estimate of drug-likeness (QED) is 0.871. The topological polar surface area (TPSA) is 59.1 Å². The Labute approximate surface area is 126 Å². The Morgan fingerprint density at radius 1 is 1.35 bits per heavy atom. The number of halogens is 1. The molecule has 0 amide bonds. The van der Waals surface area contributed by atoms with Crippen LogP contribution in [0.1, 0.15) is 12.5 Å². The van der Waals surface area contributed by atoms with Crippen molar-refractivity contribution < 1.29 is 4.74 Å². The van der Waals surface area contributed by atoms with Crippen LogP contribution in [0.4, 0.5) is 17.5 Å². The number of hydrogen-bond acceptors (Lipinski definition) is 5. The summed E-state index contributed by atoms with van der Waals surface area (Å²) in [5, 5.41) is 6.38. The van der Waals surface area contributed by atoms with Crippen LogP contribution in [0.25, 0.3) is 0 Å². The highest BCUT2D eigenvalue weighted by Gasteiger charge is 2.06. The first-order valence-electron chi connectivity index (χ1n) is 6.32. The second-order valence-corrected chi connectivity index (χ2v) is 5.08. The zero-order valence-corrected chi connectivity index (χ0v) is 13.3. The third kappa shape index (κ3) is 3.39. The molecule has 0 unspecified atom stereocenters. The normalized spacial score (nSPS) is 10.2. The van der Waals surface area contributed by atoms with Crippen molar-refractivity contribution in [3.05, 3.63) is 34.4 Å². The van der Waals surface area contributed by atoms with Crippen LogP contribution in [-0.2, 0) is 0 Å². The van der Waals surface area contributed by atoms with Gasteiger partial charge in [0, 0.05) is 30.1 Å². The molecule has 0 spiro atoms. The van der Waals surface area contributed by atoms with E-state index in [0.717, 1.165) is 33.8 Å². The fourth-order valence-electron chi connectivity index (χ4n) is 1.69. The molecule has 0 aliphatic heterocycles. The zero-order valence-electron chi connectivity index (χ0n) is 11.7. The summed E-state index contributed by atoms with van der Waals surface area (Å²) in [6.45, 7) is 4.76. The van der Waals surface area contributed by atoms with Crippen molar-refractivity contribution in [3.8, 4) is 5.75 Å². The van der Waals surface area contributed by atoms with Crippen LogP contribution in [0.3, 0.4) is 0 Å². The molecule has 1 aromatic carbocycles. The van der Waals surface area contributed by atoms with Gasteiger partial charge in [0.2, 0.25) is 5.95 Å². The number of nitrogens with one attached hydrogen (secondary N) is 2. The highest BCUT2D eigenvalue weighted by molar-refractivity contribution is 9.10. The molecule has 2 N–H and O–H groups in total. The molecule has 1 heterocycles. The molecule has 0 fully saturated rings. The predicted octanol–water partition coefficient (Wildman–Crippen LogP) is 3.73. The minimum atomic E-state index is 0.615. The number of methoxy groups -OCH3 is 1. The summed E-state index contributed by atoms with van der Waals surface area (Å²) in [6.07, 6.45) is 1.80. The molecule has 0 radical (unpaired) electrons. The van der Waals surface area contributed by atoms with E-state index in [4.69, 9.17) is 4.74 Å². The maximum absolute atomic E-state index is 5.28. The van der Waals surface area contributed by atoms with Crippen molar-refractivity contribution in [3.63, 3.8) is 0 Å². The molecule has 0 atom stereocenters. The number of anilines is 3. The predicted molar refractivity (Wildman–Crippen MR) is 84.9 cm³/mol. The molecule has 2 rings (SSSR count). The van der Waals surface area contributed by atoms with E-state index in [0.29, 0.717) is 5.95 Å². The van der Waals surface area contributed by atoms with Gasteiger partial charge in [-0.1, -0.05) is 0 Å². The first-order valence-corrected chi connectivity index (χ1v) is 7.11. The highest BCUT2D eigenvalue weighted by atomic mass is 79.9. The number of nitrogens with zero attached hydrogens (tertiary/aromatic N) is 2. The maximum Gasteiger partial charge on any atom is 0.224 e. The minimum absolute atomic E-state index is 0.615. The minimum Gasteiger partial charge on any atom is -0.495 e. The zero-order chi connectivity index (χ0) is 14.5. The summed E-state index contributed by atoms with van der Waals surface area (Å²) >= 11 is 3.43. The molecule has 0 aliphatic rings. The first kappa shape index (κ1) is 14.6. The Kier molecular flexibility index (Phi) is 4.79. The van der Waals surface area contributed by atoms with Crippen molar-refractivity contribution in [2.24, 2.45) is 0 Å². The lowest BCUT2D eigenvalue weighted by Gasteiger charge is -2.12. The number of rotatable bonds is 5. The van der Waals surface area contributed by atoms with Crippen molar-refractivity contribution in [1.29, 1.82) is 0 Å². The molecule has 1 aromatic heterocycles. The van der Waals surface area contributed by atoms with Gasteiger partial charge in [0.25, 0.3) is 0 Å². The third-order valence-electron chi connectivity index (χ3n) is 2.72. The van der Waals surface area contributed by atoms with Crippen LogP contribution in [-0.4, -0.2) is 23.6 Å². The van der Waals surface area contributed by atoms with Gasteiger partial charge < -0.3 is 15.4 Å². The van der Waals surface area contributed by atoms with Crippen molar-refractivity contribution in [1.82, 2.24) is 9.97 Å². The smallest absolute Gasteiger partial charge is 0.224 e. The van der Waals surface area contributed by atoms with Crippen LogP contribution in [0.2, 0.25) is 0 Å². The van der Waals surface area contributed by atoms with E-state index in [1.807, 2.05) is 32.0 Å². The standard InChI is InChI=1S/C14H17BrN4O/c1-4-16-14-17-8-9(2)13(19-14)18-10-5-6-11(15)12(7-10)20-3/h5-8H,4H2,1-3H3,(H2,16,17,18,19). The molecule has 20 heavy (non-hydrogen) atoms. The Morgan fingerprint density at radius 3 is 2.85 bits per heavy atom. The van der Waals surface area contributed by atoms with Gasteiger partial charge in [-0.25, -0.2) is 4.98 Å². The average Bonchev–Trinajstić information content (AvgIpc) is 2.45. The van der Waals surface area contributed by atoms with Crippen LogP contribution in [0.5, 0.6) is 5.75 Å². The average molecular weight is 337 g/mol. The van der Waals surface area contributed by atoms with Crippen molar-refractivity contribution in [2.75, 3.05) is 24.3 Å². The second kappa shape index (κ2) is 6.56. The molecule has 0 saturated carbocycles. The van der Waals surface area contributed by atoms with Gasteiger partial charge in [0.05, 0.1) is 11.6 Å². The summed E-state index contributed by atoms with van der Waals surface area (Å²) in [5.41, 5.74) is 1.89. The van der Waals surface area contributed by atoms with E-state index in [1.54, 1.807) is 13.3 Å². The fraction of sp³-hybridized carbons (Fsp3) is 0.286. The van der Waals surface area contributed by atoms with Crippen molar-refractivity contribution in [2.45, 2.75) is 13.8 Å². The van der Waals surface area contributed by atoms with E-state index < -0.39 is 0 Å². The number of benzene rings is 1. The van der Waals surface area contributed by atoms with Crippen LogP contribution >= 0.6 is 15.9 Å². The lowest BCUT2D eigenvalue weighted by atomic mass is 10.3. The molecule has 106 valence electrons. The summed E-state index contributed by atoms with van der Waals surface area (Å²) < 4.78 is 6.20. The molecule has 0 bridgehead atoms. The number of ether oxygens (including phenoxy) is 1. The van der Waals surface area contributed by atoms with Crippen molar-refractivity contribution >= 4 is 33.4 Å². The lowest BCUT2D eigenvalue weighted by molar-refractivity contribution is 0.412. The van der Waals surface area contributed by atoms with E-state index in [2.05, 4.69) is 36.5 Å². The largest absolute Gasteiger partial charge is 0.495 e. The molecular formula is C14H17BrN4O. The Hall–Kier alpha value is -1.82. The summed E-state index contributed by atoms with van der Waals surface area (Å²) in [6, 6.07) is 5.81. The van der Waals surface area contributed by atoms with Crippen LogP contribution < -0.4 is 15.4 Å². The van der Waals surface area contributed by atoms with E-state index >= 15 is 0 Å². The van der Waals surface area contributed by atoms with E-state index in [1.165, 1.54) is 0 Å². The Bertz CT molecular complexity index is 604. The second-order valence-electron chi connectivity index (χ2n) is 4.23. The number of aromatic nitrogens is 2. The van der Waals surface area contributed by atoms with Crippen LogP contribution in [0, 0.1) is 6.92 Å². The molecule has 5 nitrogen and oxygen atoms in total. The van der Waals surface area contributed by atoms with Gasteiger partial charge >= 0.3 is 0 Å². The summed E-state index contributed by atoms with van der Waals surface area (Å²) in [4.78, 5) is 8.67. The molecule has 0 aliphatic carbocycles. The van der Waals surface area contributed by atoms with E-state index in [-0.39, 0.29) is 0 Å². The summed E-state index contributed by atoms with van der Waals surface area (Å²) in [7, 11) is 1.64. The number of aryl methyl sites for hydroxylation is 1.